The van der Waals surface area contributed by atoms with E-state index in [9.17, 15) is 4.79 Å². The first-order chi connectivity index (χ1) is 8.95. The van der Waals surface area contributed by atoms with Crippen molar-refractivity contribution >= 4 is 38.4 Å². The van der Waals surface area contributed by atoms with Gasteiger partial charge in [-0.05, 0) is 29.8 Å². The van der Waals surface area contributed by atoms with E-state index >= 15 is 0 Å². The molecule has 2 rings (SSSR count). The molecule has 0 spiro atoms. The molecule has 0 bridgehead atoms. The molecule has 2 amide bonds. The van der Waals surface area contributed by atoms with E-state index in [0.717, 1.165) is 15.0 Å². The van der Waals surface area contributed by atoms with Crippen molar-refractivity contribution in [1.82, 2.24) is 20.1 Å². The molecule has 2 aromatic heterocycles. The Kier molecular flexibility index (Phi) is 4.20. The van der Waals surface area contributed by atoms with Crippen LogP contribution in [0.3, 0.4) is 0 Å². The van der Waals surface area contributed by atoms with E-state index in [-0.39, 0.29) is 12.1 Å². The van der Waals surface area contributed by atoms with E-state index in [0.29, 0.717) is 5.13 Å². The summed E-state index contributed by atoms with van der Waals surface area (Å²) in [6.45, 7) is 3.84. The molecule has 2 N–H and O–H groups in total. The van der Waals surface area contributed by atoms with Crippen LogP contribution in [0.2, 0.25) is 0 Å². The van der Waals surface area contributed by atoms with Gasteiger partial charge in [0.15, 0.2) is 5.13 Å². The van der Waals surface area contributed by atoms with Crippen LogP contribution in [0.25, 0.3) is 0 Å². The lowest BCUT2D eigenvalue weighted by Crippen LogP contribution is -2.30. The van der Waals surface area contributed by atoms with Crippen LogP contribution in [0.1, 0.15) is 23.4 Å². The van der Waals surface area contributed by atoms with E-state index in [4.69, 9.17) is 0 Å². The highest BCUT2D eigenvalue weighted by molar-refractivity contribution is 9.10. The summed E-state index contributed by atoms with van der Waals surface area (Å²) in [5.41, 5.74) is 0.953. The number of aromatic nitrogens is 3. The summed E-state index contributed by atoms with van der Waals surface area (Å²) < 4.78 is 2.46. The van der Waals surface area contributed by atoms with Gasteiger partial charge in [-0.3, -0.25) is 10.00 Å². The summed E-state index contributed by atoms with van der Waals surface area (Å²) in [7, 11) is 1.84. The van der Waals surface area contributed by atoms with Gasteiger partial charge in [-0.2, -0.15) is 5.10 Å². The number of carbonyl (C=O) groups excluding carboxylic acids is 1. The van der Waals surface area contributed by atoms with Crippen molar-refractivity contribution in [3.8, 4) is 0 Å². The minimum absolute atomic E-state index is 0.113. The summed E-state index contributed by atoms with van der Waals surface area (Å²) >= 11 is 4.74. The molecule has 6 nitrogen and oxygen atoms in total. The zero-order valence-corrected chi connectivity index (χ0v) is 13.2. The summed E-state index contributed by atoms with van der Waals surface area (Å²) in [6.07, 6.45) is 3.60. The minimum atomic E-state index is -0.280. The van der Waals surface area contributed by atoms with Gasteiger partial charge < -0.3 is 5.32 Å². The molecule has 2 aromatic rings. The van der Waals surface area contributed by atoms with Crippen molar-refractivity contribution in [3.05, 3.63) is 27.4 Å². The van der Waals surface area contributed by atoms with E-state index in [1.165, 1.54) is 11.3 Å². The van der Waals surface area contributed by atoms with Crippen molar-refractivity contribution in [2.75, 3.05) is 5.32 Å². The van der Waals surface area contributed by atoms with Crippen LogP contribution in [0, 0.1) is 6.92 Å². The molecule has 0 saturated heterocycles. The zero-order chi connectivity index (χ0) is 14.0. The average molecular weight is 344 g/mol. The first-order valence-electron chi connectivity index (χ1n) is 5.64. The highest BCUT2D eigenvalue weighted by Crippen LogP contribution is 2.25. The number of nitrogens with one attached hydrogen (secondary N) is 2. The third kappa shape index (κ3) is 3.54. The van der Waals surface area contributed by atoms with Gasteiger partial charge in [0.2, 0.25) is 0 Å². The standard InChI is InChI=1S/C11H14BrN5OS/c1-6(8-4-13-17(3)5-8)14-10(18)16-11-15-9(12)7(2)19-11/h4-6H,1-3H3,(H2,14,15,16,18). The number of aryl methyl sites for hydroxylation is 2. The predicted octanol–water partition coefficient (Wildman–Crippen LogP) is 2.83. The highest BCUT2D eigenvalue weighted by atomic mass is 79.9. The van der Waals surface area contributed by atoms with Gasteiger partial charge in [0.1, 0.15) is 4.60 Å². The number of anilines is 1. The van der Waals surface area contributed by atoms with Gasteiger partial charge in [-0.15, -0.1) is 11.3 Å². The minimum Gasteiger partial charge on any atom is -0.331 e. The van der Waals surface area contributed by atoms with Crippen LogP contribution in [0.15, 0.2) is 17.0 Å². The fourth-order valence-electron chi connectivity index (χ4n) is 1.51. The molecule has 0 aromatic carbocycles. The molecule has 0 aliphatic carbocycles. The third-order valence-corrected chi connectivity index (χ3v) is 4.45. The monoisotopic (exact) mass is 343 g/mol. The second-order valence-corrected chi connectivity index (χ2v) is 6.09. The number of amides is 2. The Labute approximate surface area is 123 Å². The second kappa shape index (κ2) is 5.70. The Hall–Kier alpha value is -1.41. The lowest BCUT2D eigenvalue weighted by atomic mass is 10.2. The maximum atomic E-state index is 11.8. The lowest BCUT2D eigenvalue weighted by molar-refractivity contribution is 0.249. The number of carbonyl (C=O) groups is 1. The fraction of sp³-hybridized carbons (Fsp3) is 0.364. The van der Waals surface area contributed by atoms with Crippen LogP contribution in [-0.4, -0.2) is 20.8 Å². The number of rotatable bonds is 3. The molecule has 0 saturated carbocycles. The van der Waals surface area contributed by atoms with Crippen molar-refractivity contribution < 1.29 is 4.79 Å². The number of halogens is 1. The molecule has 102 valence electrons. The molecular formula is C11H14BrN5OS. The van der Waals surface area contributed by atoms with Crippen LogP contribution in [-0.2, 0) is 7.05 Å². The number of thiazole rings is 1. The molecule has 0 fully saturated rings. The summed E-state index contributed by atoms with van der Waals surface area (Å²) in [6, 6.07) is -0.393. The molecule has 19 heavy (non-hydrogen) atoms. The van der Waals surface area contributed by atoms with E-state index in [1.54, 1.807) is 10.9 Å². The quantitative estimate of drug-likeness (QED) is 0.899. The van der Waals surface area contributed by atoms with Crippen LogP contribution in [0.5, 0.6) is 0 Å². The Balaban J connectivity index is 1.94. The van der Waals surface area contributed by atoms with Crippen LogP contribution >= 0.6 is 27.3 Å². The number of nitrogens with zero attached hydrogens (tertiary/aromatic N) is 3. The first-order valence-corrected chi connectivity index (χ1v) is 7.25. The molecule has 0 aliphatic rings. The number of hydrogen-bond donors (Lipinski definition) is 2. The van der Waals surface area contributed by atoms with Crippen molar-refractivity contribution in [1.29, 1.82) is 0 Å². The summed E-state index contributed by atoms with van der Waals surface area (Å²) in [4.78, 5) is 17.0. The van der Waals surface area contributed by atoms with E-state index < -0.39 is 0 Å². The van der Waals surface area contributed by atoms with E-state index in [2.05, 4.69) is 36.6 Å². The van der Waals surface area contributed by atoms with Crippen molar-refractivity contribution in [2.45, 2.75) is 19.9 Å². The lowest BCUT2D eigenvalue weighted by Gasteiger charge is -2.11. The Morgan fingerprint density at radius 3 is 2.84 bits per heavy atom. The van der Waals surface area contributed by atoms with Gasteiger partial charge in [-0.25, -0.2) is 9.78 Å². The van der Waals surface area contributed by atoms with Gasteiger partial charge in [-0.1, -0.05) is 0 Å². The molecule has 1 atom stereocenters. The Morgan fingerprint density at radius 2 is 2.32 bits per heavy atom. The normalized spacial score (nSPS) is 12.2. The molecular weight excluding hydrogens is 330 g/mol. The largest absolute Gasteiger partial charge is 0.331 e. The van der Waals surface area contributed by atoms with Gasteiger partial charge in [0.25, 0.3) is 0 Å². The van der Waals surface area contributed by atoms with Crippen LogP contribution in [0.4, 0.5) is 9.93 Å². The smallest absolute Gasteiger partial charge is 0.321 e. The van der Waals surface area contributed by atoms with Gasteiger partial charge in [0.05, 0.1) is 12.2 Å². The molecule has 2 heterocycles. The fourth-order valence-corrected chi connectivity index (χ4v) is 2.75. The average Bonchev–Trinajstić information content (AvgIpc) is 2.86. The third-order valence-electron chi connectivity index (χ3n) is 2.53. The SMILES string of the molecule is Cc1sc(NC(=O)NC(C)c2cnn(C)c2)nc1Br. The molecule has 0 radical (unpaired) electrons. The molecule has 8 heteroatoms. The maximum Gasteiger partial charge on any atom is 0.321 e. The topological polar surface area (TPSA) is 71.8 Å². The predicted molar refractivity (Wildman–Crippen MR) is 78.3 cm³/mol. The zero-order valence-electron chi connectivity index (χ0n) is 10.8. The Bertz CT molecular complexity index is 574. The number of hydrogen-bond acceptors (Lipinski definition) is 4. The summed E-state index contributed by atoms with van der Waals surface area (Å²) in [5.74, 6) is 0. The van der Waals surface area contributed by atoms with Crippen LogP contribution < -0.4 is 10.6 Å². The van der Waals surface area contributed by atoms with Crippen molar-refractivity contribution in [2.24, 2.45) is 7.05 Å². The van der Waals surface area contributed by atoms with Crippen molar-refractivity contribution in [3.63, 3.8) is 0 Å². The highest BCUT2D eigenvalue weighted by Gasteiger charge is 2.13. The number of urea groups is 1. The molecule has 1 unspecified atom stereocenters. The second-order valence-electron chi connectivity index (χ2n) is 4.13. The first kappa shape index (κ1) is 14.0. The van der Waals surface area contributed by atoms with Gasteiger partial charge >= 0.3 is 6.03 Å². The van der Waals surface area contributed by atoms with E-state index in [1.807, 2.05) is 27.1 Å². The molecule has 0 aliphatic heterocycles. The van der Waals surface area contributed by atoms with Gasteiger partial charge in [0, 0.05) is 23.7 Å². The Morgan fingerprint density at radius 1 is 1.58 bits per heavy atom. The maximum absolute atomic E-state index is 11.8. The summed E-state index contributed by atoms with van der Waals surface area (Å²) in [5, 5.41) is 10.2.